The first-order chi connectivity index (χ1) is 8.58. The van der Waals surface area contributed by atoms with Gasteiger partial charge in [0.25, 0.3) is 0 Å². The molecule has 0 saturated heterocycles. The number of aliphatic hydroxyl groups excluding tert-OH is 1. The lowest BCUT2D eigenvalue weighted by atomic mass is 10.1. The highest BCUT2D eigenvalue weighted by Crippen LogP contribution is 2.31. The molecular formula is C12H11F2NO3. The standard InChI is InChI=1S/C12H11F2NO3/c1-7(16)11-6-9(15-18-11)8-4-2-3-5-10(8)17-12(13)14/h2-7,12,16H,1H3. The fourth-order valence-corrected chi connectivity index (χ4v) is 1.49. The maximum Gasteiger partial charge on any atom is 0.387 e. The molecule has 1 aromatic carbocycles. The van der Waals surface area contributed by atoms with Crippen molar-refractivity contribution in [2.24, 2.45) is 0 Å². The van der Waals surface area contributed by atoms with E-state index in [-0.39, 0.29) is 11.5 Å². The van der Waals surface area contributed by atoms with E-state index >= 15 is 0 Å². The van der Waals surface area contributed by atoms with Crippen molar-refractivity contribution in [1.29, 1.82) is 0 Å². The first-order valence-corrected chi connectivity index (χ1v) is 5.27. The number of aromatic nitrogens is 1. The maximum atomic E-state index is 12.2. The van der Waals surface area contributed by atoms with Gasteiger partial charge in [0.15, 0.2) is 5.76 Å². The lowest BCUT2D eigenvalue weighted by Crippen LogP contribution is -2.03. The Hall–Kier alpha value is -1.95. The van der Waals surface area contributed by atoms with E-state index in [9.17, 15) is 13.9 Å². The van der Waals surface area contributed by atoms with Crippen LogP contribution < -0.4 is 4.74 Å². The number of aliphatic hydroxyl groups is 1. The normalized spacial score (nSPS) is 12.7. The molecule has 1 heterocycles. The van der Waals surface area contributed by atoms with Crippen molar-refractivity contribution in [2.75, 3.05) is 0 Å². The third kappa shape index (κ3) is 2.65. The van der Waals surface area contributed by atoms with E-state index in [4.69, 9.17) is 4.52 Å². The molecule has 0 radical (unpaired) electrons. The van der Waals surface area contributed by atoms with Crippen LogP contribution in [-0.4, -0.2) is 16.9 Å². The van der Waals surface area contributed by atoms with Crippen LogP contribution in [0.2, 0.25) is 0 Å². The third-order valence-electron chi connectivity index (χ3n) is 2.32. The Morgan fingerprint density at radius 3 is 2.67 bits per heavy atom. The van der Waals surface area contributed by atoms with Crippen molar-refractivity contribution in [3.63, 3.8) is 0 Å². The Labute approximate surface area is 102 Å². The number of halogens is 2. The molecule has 0 fully saturated rings. The van der Waals surface area contributed by atoms with Gasteiger partial charge in [-0.15, -0.1) is 0 Å². The highest BCUT2D eigenvalue weighted by atomic mass is 19.3. The molecule has 0 spiro atoms. The number of hydrogen-bond donors (Lipinski definition) is 1. The van der Waals surface area contributed by atoms with E-state index in [1.807, 2.05) is 0 Å². The van der Waals surface area contributed by atoms with Crippen LogP contribution in [0.25, 0.3) is 11.3 Å². The van der Waals surface area contributed by atoms with Gasteiger partial charge in [-0.2, -0.15) is 8.78 Å². The Bertz CT molecular complexity index is 526. The van der Waals surface area contributed by atoms with Crippen molar-refractivity contribution in [3.05, 3.63) is 36.1 Å². The SMILES string of the molecule is CC(O)c1cc(-c2ccccc2OC(F)F)no1. The highest BCUT2D eigenvalue weighted by Gasteiger charge is 2.15. The smallest absolute Gasteiger partial charge is 0.387 e. The number of nitrogens with zero attached hydrogens (tertiary/aromatic N) is 1. The summed E-state index contributed by atoms with van der Waals surface area (Å²) in [6.45, 7) is -1.39. The van der Waals surface area contributed by atoms with E-state index < -0.39 is 12.7 Å². The van der Waals surface area contributed by atoms with E-state index in [0.717, 1.165) is 0 Å². The van der Waals surface area contributed by atoms with E-state index in [1.54, 1.807) is 18.2 Å². The number of ether oxygens (including phenoxy) is 1. The van der Waals surface area contributed by atoms with E-state index in [0.29, 0.717) is 11.3 Å². The molecule has 4 nitrogen and oxygen atoms in total. The maximum absolute atomic E-state index is 12.2. The average Bonchev–Trinajstić information content (AvgIpc) is 2.78. The highest BCUT2D eigenvalue weighted by molar-refractivity contribution is 5.66. The molecule has 0 aliphatic rings. The summed E-state index contributed by atoms with van der Waals surface area (Å²) in [6.07, 6.45) is -0.811. The van der Waals surface area contributed by atoms with Crippen LogP contribution in [0, 0.1) is 0 Å². The number of benzene rings is 1. The summed E-state index contributed by atoms with van der Waals surface area (Å²) in [6, 6.07) is 7.74. The van der Waals surface area contributed by atoms with Crippen LogP contribution in [0.1, 0.15) is 18.8 Å². The second-order valence-corrected chi connectivity index (χ2v) is 3.67. The van der Waals surface area contributed by atoms with Crippen LogP contribution in [0.5, 0.6) is 5.75 Å². The molecule has 1 N–H and O–H groups in total. The molecule has 0 amide bonds. The fourth-order valence-electron chi connectivity index (χ4n) is 1.49. The lowest BCUT2D eigenvalue weighted by Gasteiger charge is -2.07. The number of hydrogen-bond acceptors (Lipinski definition) is 4. The molecule has 1 aromatic heterocycles. The van der Waals surface area contributed by atoms with Gasteiger partial charge in [-0.05, 0) is 19.1 Å². The second kappa shape index (κ2) is 5.14. The van der Waals surface area contributed by atoms with Gasteiger partial charge in [0.05, 0.1) is 0 Å². The van der Waals surface area contributed by atoms with E-state index in [2.05, 4.69) is 9.89 Å². The monoisotopic (exact) mass is 255 g/mol. The van der Waals surface area contributed by atoms with Crippen molar-refractivity contribution in [3.8, 4) is 17.0 Å². The van der Waals surface area contributed by atoms with E-state index in [1.165, 1.54) is 19.1 Å². The zero-order valence-corrected chi connectivity index (χ0v) is 9.51. The molecule has 1 unspecified atom stereocenters. The summed E-state index contributed by atoms with van der Waals surface area (Å²) in [7, 11) is 0. The molecule has 0 saturated carbocycles. The van der Waals surface area contributed by atoms with Crippen molar-refractivity contribution < 1.29 is 23.1 Å². The third-order valence-corrected chi connectivity index (χ3v) is 2.32. The summed E-state index contributed by atoms with van der Waals surface area (Å²) < 4.78 is 33.8. The predicted octanol–water partition coefficient (Wildman–Crippen LogP) is 3.00. The van der Waals surface area contributed by atoms with Gasteiger partial charge in [0.1, 0.15) is 17.5 Å². The topological polar surface area (TPSA) is 55.5 Å². The average molecular weight is 255 g/mol. The summed E-state index contributed by atoms with van der Waals surface area (Å²) >= 11 is 0. The summed E-state index contributed by atoms with van der Waals surface area (Å²) in [4.78, 5) is 0. The van der Waals surface area contributed by atoms with Gasteiger partial charge < -0.3 is 14.4 Å². The van der Waals surface area contributed by atoms with Crippen LogP contribution in [0.4, 0.5) is 8.78 Å². The zero-order chi connectivity index (χ0) is 13.1. The van der Waals surface area contributed by atoms with Gasteiger partial charge in [-0.3, -0.25) is 0 Å². The van der Waals surface area contributed by atoms with Crippen LogP contribution in [0.3, 0.4) is 0 Å². The molecule has 18 heavy (non-hydrogen) atoms. The number of rotatable bonds is 4. The van der Waals surface area contributed by atoms with Gasteiger partial charge in [0, 0.05) is 11.6 Å². The van der Waals surface area contributed by atoms with Crippen molar-refractivity contribution in [1.82, 2.24) is 5.16 Å². The summed E-state index contributed by atoms with van der Waals surface area (Å²) in [5.74, 6) is 0.273. The molecular weight excluding hydrogens is 244 g/mol. The van der Waals surface area contributed by atoms with Gasteiger partial charge in [-0.1, -0.05) is 17.3 Å². The van der Waals surface area contributed by atoms with Gasteiger partial charge in [0.2, 0.25) is 0 Å². The largest absolute Gasteiger partial charge is 0.434 e. The first-order valence-electron chi connectivity index (χ1n) is 5.27. The summed E-state index contributed by atoms with van der Waals surface area (Å²) in [5, 5.41) is 13.0. The Balaban J connectivity index is 2.36. The lowest BCUT2D eigenvalue weighted by molar-refractivity contribution is -0.0494. The minimum Gasteiger partial charge on any atom is -0.434 e. The molecule has 2 rings (SSSR count). The Kier molecular flexibility index (Phi) is 3.57. The molecule has 2 aromatic rings. The zero-order valence-electron chi connectivity index (χ0n) is 9.51. The first kappa shape index (κ1) is 12.5. The Morgan fingerprint density at radius 2 is 2.06 bits per heavy atom. The number of para-hydroxylation sites is 1. The molecule has 96 valence electrons. The molecule has 1 atom stereocenters. The van der Waals surface area contributed by atoms with Crippen LogP contribution in [-0.2, 0) is 0 Å². The van der Waals surface area contributed by atoms with Crippen molar-refractivity contribution in [2.45, 2.75) is 19.6 Å². The van der Waals surface area contributed by atoms with Gasteiger partial charge >= 0.3 is 6.61 Å². The van der Waals surface area contributed by atoms with Crippen LogP contribution >= 0.6 is 0 Å². The quantitative estimate of drug-likeness (QED) is 0.912. The van der Waals surface area contributed by atoms with Crippen LogP contribution in [0.15, 0.2) is 34.9 Å². The molecule has 0 aliphatic carbocycles. The summed E-state index contributed by atoms with van der Waals surface area (Å²) in [5.41, 5.74) is 0.718. The fraction of sp³-hybridized carbons (Fsp3) is 0.250. The minimum atomic E-state index is -2.91. The minimum absolute atomic E-state index is 0.0120. The van der Waals surface area contributed by atoms with Gasteiger partial charge in [-0.25, -0.2) is 0 Å². The second-order valence-electron chi connectivity index (χ2n) is 3.67. The molecule has 6 heteroatoms. The number of alkyl halides is 2. The molecule has 0 bridgehead atoms. The van der Waals surface area contributed by atoms with Crippen molar-refractivity contribution >= 4 is 0 Å². The molecule has 0 aliphatic heterocycles. The Morgan fingerprint density at radius 1 is 1.33 bits per heavy atom. The predicted molar refractivity (Wildman–Crippen MR) is 59.2 cm³/mol.